The van der Waals surface area contributed by atoms with Gasteiger partial charge in [0.1, 0.15) is 18.2 Å². The van der Waals surface area contributed by atoms with Crippen LogP contribution in [0.2, 0.25) is 0 Å². The molecule has 0 saturated heterocycles. The Hall–Kier alpha value is -4.03. The Kier molecular flexibility index (Phi) is 11.2. The number of carbonyl (C=O) groups excluding carboxylic acids is 1. The minimum atomic E-state index is -3.19. The molecule has 0 aliphatic heterocycles. The van der Waals surface area contributed by atoms with E-state index in [0.29, 0.717) is 5.69 Å². The van der Waals surface area contributed by atoms with Crippen LogP contribution in [0.25, 0.3) is 11.1 Å². The number of aromatic nitrogens is 3. The van der Waals surface area contributed by atoms with Gasteiger partial charge in [0, 0.05) is 17.5 Å². The third-order valence-electron chi connectivity index (χ3n) is 6.10. The van der Waals surface area contributed by atoms with Crippen molar-refractivity contribution in [1.82, 2.24) is 15.2 Å². The van der Waals surface area contributed by atoms with E-state index in [-0.39, 0.29) is 33.6 Å². The first kappa shape index (κ1) is 31.5. The summed E-state index contributed by atoms with van der Waals surface area (Å²) in [5.41, 5.74) is 2.84. The first-order chi connectivity index (χ1) is 19.5. The monoisotopic (exact) mass is 588 g/mol. The van der Waals surface area contributed by atoms with Crippen molar-refractivity contribution >= 4 is 22.4 Å². The second kappa shape index (κ2) is 14.6. The van der Waals surface area contributed by atoms with Crippen LogP contribution in [0.5, 0.6) is 10.9 Å². The highest BCUT2D eigenvalue weighted by atomic mass is 32.1. The summed E-state index contributed by atoms with van der Waals surface area (Å²) in [6.45, 7) is 6.14. The van der Waals surface area contributed by atoms with Crippen LogP contribution in [0.15, 0.2) is 65.4 Å². The maximum atomic E-state index is 14.8. The first-order valence-electron chi connectivity index (χ1n) is 12.7. The van der Waals surface area contributed by atoms with Gasteiger partial charge in [-0.2, -0.15) is 8.78 Å². The molecule has 2 heterocycles. The number of pyridine rings is 1. The molecule has 1 atom stereocenters. The van der Waals surface area contributed by atoms with Gasteiger partial charge in [-0.1, -0.05) is 41.9 Å². The average molecular weight is 589 g/mol. The molecule has 12 heteroatoms. The zero-order chi connectivity index (χ0) is 30.1. The Labute approximate surface area is 240 Å². The molecule has 41 heavy (non-hydrogen) atoms. The van der Waals surface area contributed by atoms with E-state index in [1.54, 1.807) is 13.8 Å². The predicted molar refractivity (Wildman–Crippen MR) is 152 cm³/mol. The molecule has 0 bridgehead atoms. The normalized spacial score (nSPS) is 13.4. The number of carbonyl (C=O) groups is 1. The van der Waals surface area contributed by atoms with Crippen LogP contribution in [0, 0.1) is 12.7 Å². The number of nitrogens with one attached hydrogen (secondary N) is 1. The van der Waals surface area contributed by atoms with Gasteiger partial charge in [0.05, 0.1) is 17.2 Å². The molecule has 3 aromatic rings. The molecule has 2 N–H and O–H groups in total. The molecular formula is C29H31F3N4O4S. The molecule has 3 rings (SSSR count). The summed E-state index contributed by atoms with van der Waals surface area (Å²) in [5.74, 6) is -1.96. The fourth-order valence-corrected chi connectivity index (χ4v) is 4.33. The molecule has 1 aromatic carbocycles. The maximum Gasteiger partial charge on any atom is 0.387 e. The van der Waals surface area contributed by atoms with Gasteiger partial charge in [-0.25, -0.2) is 4.39 Å². The molecule has 0 radical (unpaired) electrons. The number of anilines is 1. The summed E-state index contributed by atoms with van der Waals surface area (Å²) in [7, 11) is 0. The highest BCUT2D eigenvalue weighted by molar-refractivity contribution is 7.17. The zero-order valence-electron chi connectivity index (χ0n) is 23.2. The first-order valence-corrected chi connectivity index (χ1v) is 13.5. The number of amides is 1. The lowest BCUT2D eigenvalue weighted by atomic mass is 9.98. The number of rotatable bonds is 12. The highest BCUT2D eigenvalue weighted by Crippen LogP contribution is 2.36. The van der Waals surface area contributed by atoms with Crippen molar-refractivity contribution in [2.45, 2.75) is 53.8 Å². The van der Waals surface area contributed by atoms with Crippen molar-refractivity contribution < 1.29 is 32.5 Å². The van der Waals surface area contributed by atoms with Gasteiger partial charge in [-0.05, 0) is 74.8 Å². The minimum Gasteiger partial charge on any atom is -0.464 e. The van der Waals surface area contributed by atoms with Crippen LogP contribution in [0.4, 0.5) is 18.3 Å². The third-order valence-corrected chi connectivity index (χ3v) is 6.85. The maximum absolute atomic E-state index is 14.8. The lowest BCUT2D eigenvalue weighted by Gasteiger charge is -2.15. The number of benzene rings is 1. The van der Waals surface area contributed by atoms with E-state index in [1.165, 1.54) is 24.4 Å². The van der Waals surface area contributed by atoms with Crippen molar-refractivity contribution in [3.05, 3.63) is 82.5 Å². The quantitative estimate of drug-likeness (QED) is 0.222. The summed E-state index contributed by atoms with van der Waals surface area (Å²) in [6.07, 6.45) is 6.94. The second-order valence-electron chi connectivity index (χ2n) is 8.94. The van der Waals surface area contributed by atoms with Crippen molar-refractivity contribution in [2.24, 2.45) is 0 Å². The molecule has 0 fully saturated rings. The molecular weight excluding hydrogens is 557 g/mol. The average Bonchev–Trinajstić information content (AvgIpc) is 3.36. The van der Waals surface area contributed by atoms with Crippen LogP contribution < -0.4 is 14.8 Å². The Bertz CT molecular complexity index is 1470. The van der Waals surface area contributed by atoms with E-state index in [4.69, 9.17) is 4.74 Å². The van der Waals surface area contributed by atoms with Crippen molar-refractivity contribution in [3.8, 4) is 22.1 Å². The number of allylic oxidation sites excluding steroid dienone is 2. The van der Waals surface area contributed by atoms with Crippen LogP contribution in [0.3, 0.4) is 0 Å². The smallest absolute Gasteiger partial charge is 0.387 e. The summed E-state index contributed by atoms with van der Waals surface area (Å²) < 4.78 is 51.2. The molecule has 1 unspecified atom stereocenters. The number of hydrogen-bond acceptors (Lipinski definition) is 8. The topological polar surface area (TPSA) is 106 Å². The van der Waals surface area contributed by atoms with Crippen molar-refractivity contribution in [1.29, 1.82) is 0 Å². The van der Waals surface area contributed by atoms with E-state index in [1.807, 2.05) is 39.0 Å². The fraction of sp³-hybridized carbons (Fsp3) is 0.310. The molecule has 0 aliphatic carbocycles. The summed E-state index contributed by atoms with van der Waals surface area (Å²) >= 11 is 0.978. The van der Waals surface area contributed by atoms with Gasteiger partial charge in [0.2, 0.25) is 5.13 Å². The molecule has 0 aliphatic rings. The Morgan fingerprint density at radius 2 is 2.00 bits per heavy atom. The van der Waals surface area contributed by atoms with Crippen molar-refractivity contribution in [3.63, 3.8) is 0 Å². The lowest BCUT2D eigenvalue weighted by Crippen LogP contribution is -2.14. The molecule has 0 saturated carbocycles. The van der Waals surface area contributed by atoms with Crippen molar-refractivity contribution in [2.75, 3.05) is 11.9 Å². The Morgan fingerprint density at radius 1 is 1.24 bits per heavy atom. The molecule has 0 spiro atoms. The second-order valence-corrected chi connectivity index (χ2v) is 9.88. The minimum absolute atomic E-state index is 0.0269. The van der Waals surface area contributed by atoms with E-state index in [2.05, 4.69) is 25.2 Å². The Morgan fingerprint density at radius 3 is 2.66 bits per heavy atom. The number of ether oxygens (including phenoxy) is 2. The number of hydrogen-bond donors (Lipinski definition) is 2. The standard InChI is InChI=1S/C29H31F3N4O4S/c1-6-16(3)20(12-11-19(7-2)18(5)37)15-39-29-36-35-28(41-29)34-26(38)22-14-33-17(4)13-21(22)25-23(30)9-8-10-24(25)40-27(31)32/h7-14,18,27,37H,6,15H2,1-5H3,(H,34,35,38)/b12-11-,19-7+,20-16+. The number of nitrogens with zero attached hydrogens (tertiary/aromatic N) is 3. The predicted octanol–water partition coefficient (Wildman–Crippen LogP) is 6.89. The van der Waals surface area contributed by atoms with Gasteiger partial charge in [-0.3, -0.25) is 15.1 Å². The van der Waals surface area contributed by atoms with Gasteiger partial charge >= 0.3 is 6.61 Å². The highest BCUT2D eigenvalue weighted by Gasteiger charge is 2.23. The van der Waals surface area contributed by atoms with Crippen LogP contribution >= 0.6 is 11.3 Å². The van der Waals surface area contributed by atoms with Crippen LogP contribution in [-0.2, 0) is 0 Å². The fourth-order valence-electron chi connectivity index (χ4n) is 3.74. The number of halogens is 3. The van der Waals surface area contributed by atoms with E-state index >= 15 is 0 Å². The number of aryl methyl sites for hydroxylation is 1. The summed E-state index contributed by atoms with van der Waals surface area (Å²) in [4.78, 5) is 17.3. The van der Waals surface area contributed by atoms with E-state index in [9.17, 15) is 23.1 Å². The van der Waals surface area contributed by atoms with Crippen LogP contribution in [-0.4, -0.2) is 45.5 Å². The summed E-state index contributed by atoms with van der Waals surface area (Å²) in [5, 5.41) is 20.7. The SMILES string of the molecule is C\C=C(/C=C\C(COc1nnc(NC(=O)c2cnc(C)cc2-c2c(F)cccc2OC(F)F)s1)=C(\C)CC)C(C)O. The number of alkyl halides is 2. The Balaban J connectivity index is 1.81. The molecule has 218 valence electrons. The van der Waals surface area contributed by atoms with Gasteiger partial charge in [0.25, 0.3) is 11.1 Å². The molecule has 2 aromatic heterocycles. The largest absolute Gasteiger partial charge is 0.464 e. The van der Waals surface area contributed by atoms with Gasteiger partial charge < -0.3 is 14.6 Å². The van der Waals surface area contributed by atoms with Gasteiger partial charge in [0.15, 0.2) is 0 Å². The van der Waals surface area contributed by atoms with E-state index in [0.717, 1.165) is 40.5 Å². The molecule has 1 amide bonds. The van der Waals surface area contributed by atoms with Gasteiger partial charge in [-0.15, -0.1) is 5.10 Å². The molecule has 8 nitrogen and oxygen atoms in total. The number of aliphatic hydroxyl groups excluding tert-OH is 1. The van der Waals surface area contributed by atoms with Crippen LogP contribution in [0.1, 0.15) is 50.2 Å². The third kappa shape index (κ3) is 8.48. The summed E-state index contributed by atoms with van der Waals surface area (Å²) in [6, 6.07) is 4.92. The zero-order valence-corrected chi connectivity index (χ0v) is 24.1. The van der Waals surface area contributed by atoms with E-state index < -0.39 is 30.2 Å². The number of aliphatic hydroxyl groups is 1. The lowest BCUT2D eigenvalue weighted by molar-refractivity contribution is -0.0495.